The van der Waals surface area contributed by atoms with Gasteiger partial charge >= 0.3 is 5.97 Å². The van der Waals surface area contributed by atoms with Crippen LogP contribution in [0.5, 0.6) is 5.75 Å². The number of esters is 1. The largest absolute Gasteiger partial charge is 0.491 e. The Kier molecular flexibility index (Phi) is 37.4. The topological polar surface area (TPSA) is 109 Å². The van der Waals surface area contributed by atoms with Crippen LogP contribution in [0.2, 0.25) is 0 Å². The van der Waals surface area contributed by atoms with Gasteiger partial charge in [0.2, 0.25) is 0 Å². The zero-order valence-electron chi connectivity index (χ0n) is 32.9. The molecule has 0 fully saturated rings. The maximum atomic E-state index is 11.6. The highest BCUT2D eigenvalue weighted by molar-refractivity contribution is 5.69. The van der Waals surface area contributed by atoms with E-state index in [-0.39, 0.29) is 12.6 Å². The number of hydrogen-bond acceptors (Lipinski definition) is 11. The van der Waals surface area contributed by atoms with Crippen LogP contribution in [0, 0.1) is 0 Å². The summed E-state index contributed by atoms with van der Waals surface area (Å²) in [6.45, 7) is 13.2. The Balaban J connectivity index is 1.70. The van der Waals surface area contributed by atoms with Gasteiger partial charge in [-0.05, 0) is 37.0 Å². The van der Waals surface area contributed by atoms with Crippen molar-refractivity contribution >= 4 is 5.97 Å². The highest BCUT2D eigenvalue weighted by Crippen LogP contribution is 2.15. The van der Waals surface area contributed by atoms with Gasteiger partial charge in [0.15, 0.2) is 0 Å². The van der Waals surface area contributed by atoms with Crippen LogP contribution in [0.25, 0.3) is 0 Å². The van der Waals surface area contributed by atoms with E-state index in [2.05, 4.69) is 38.1 Å². The maximum Gasteiger partial charge on any atom is 0.305 e. The molecule has 0 heterocycles. The average molecular weight is 743 g/mol. The van der Waals surface area contributed by atoms with E-state index < -0.39 is 0 Å². The summed E-state index contributed by atoms with van der Waals surface area (Å²) in [5.41, 5.74) is 1.38. The van der Waals surface area contributed by atoms with Crippen molar-refractivity contribution in [2.45, 2.75) is 104 Å². The molecular formula is C41H74O11. The van der Waals surface area contributed by atoms with Crippen LogP contribution in [-0.4, -0.2) is 125 Å². The molecule has 0 atom stereocenters. The fraction of sp³-hybridized carbons (Fsp3) is 0.829. The fourth-order valence-electron chi connectivity index (χ4n) is 5.06. The van der Waals surface area contributed by atoms with E-state index in [9.17, 15) is 4.79 Å². The van der Waals surface area contributed by atoms with Crippen molar-refractivity contribution in [3.8, 4) is 5.75 Å². The number of carbonyl (C=O) groups excluding carboxylic acids is 1. The van der Waals surface area contributed by atoms with Crippen LogP contribution in [0.4, 0.5) is 0 Å². The molecule has 0 saturated carbocycles. The van der Waals surface area contributed by atoms with Crippen LogP contribution in [0.3, 0.4) is 0 Å². The Bertz CT molecular complexity index is 856. The van der Waals surface area contributed by atoms with Crippen molar-refractivity contribution in [2.75, 3.05) is 119 Å². The van der Waals surface area contributed by atoms with Gasteiger partial charge in [0.25, 0.3) is 0 Å². The molecule has 0 spiro atoms. The molecule has 11 heteroatoms. The number of aryl methyl sites for hydroxylation is 1. The van der Waals surface area contributed by atoms with Gasteiger partial charge in [-0.2, -0.15) is 0 Å². The lowest BCUT2D eigenvalue weighted by atomic mass is 10.0. The lowest BCUT2D eigenvalue weighted by Crippen LogP contribution is -2.15. The van der Waals surface area contributed by atoms with Crippen LogP contribution >= 0.6 is 0 Å². The molecule has 0 aromatic heterocycles. The minimum Gasteiger partial charge on any atom is -0.491 e. The molecule has 0 aliphatic rings. The first kappa shape index (κ1) is 48.2. The number of benzene rings is 1. The molecule has 0 radical (unpaired) electrons. The summed E-state index contributed by atoms with van der Waals surface area (Å²) < 4.78 is 55.0. The zero-order chi connectivity index (χ0) is 37.3. The summed E-state index contributed by atoms with van der Waals surface area (Å²) in [6, 6.07) is 8.45. The molecule has 0 N–H and O–H groups in total. The van der Waals surface area contributed by atoms with Gasteiger partial charge in [0.05, 0.1) is 106 Å². The Morgan fingerprint density at radius 3 is 1.17 bits per heavy atom. The van der Waals surface area contributed by atoms with Crippen LogP contribution in [-0.2, 0) is 53.8 Å². The third kappa shape index (κ3) is 35.2. The van der Waals surface area contributed by atoms with Crippen molar-refractivity contribution in [3.63, 3.8) is 0 Å². The highest BCUT2D eigenvalue weighted by atomic mass is 16.6. The number of rotatable bonds is 42. The lowest BCUT2D eigenvalue weighted by molar-refractivity contribution is -0.145. The van der Waals surface area contributed by atoms with Gasteiger partial charge in [-0.25, -0.2) is 0 Å². The van der Waals surface area contributed by atoms with Crippen LogP contribution in [0.15, 0.2) is 24.3 Å². The van der Waals surface area contributed by atoms with Gasteiger partial charge in [0, 0.05) is 6.42 Å². The minimum atomic E-state index is -0.144. The second kappa shape index (κ2) is 40.4. The van der Waals surface area contributed by atoms with Gasteiger partial charge in [-0.15, -0.1) is 0 Å². The Labute approximate surface area is 316 Å². The molecule has 0 aliphatic carbocycles. The van der Waals surface area contributed by atoms with Crippen molar-refractivity contribution < 1.29 is 52.2 Å². The van der Waals surface area contributed by atoms with Gasteiger partial charge in [-0.3, -0.25) is 4.79 Å². The molecule has 1 rings (SSSR count). The monoisotopic (exact) mass is 743 g/mol. The SMILES string of the molecule is CCCCCCCCCc1ccc(OCCOCCOCCOCCOCCOCCOCCOCCOCCOC(=O)CCCCCCC)cc1. The molecule has 1 aromatic carbocycles. The Morgan fingerprint density at radius 1 is 0.404 bits per heavy atom. The maximum absolute atomic E-state index is 11.6. The summed E-state index contributed by atoms with van der Waals surface area (Å²) >= 11 is 0. The van der Waals surface area contributed by atoms with Crippen molar-refractivity contribution in [1.29, 1.82) is 0 Å². The lowest BCUT2D eigenvalue weighted by Gasteiger charge is -2.09. The predicted molar refractivity (Wildman–Crippen MR) is 205 cm³/mol. The number of carbonyl (C=O) groups is 1. The first-order chi connectivity index (χ1) is 25.8. The molecule has 304 valence electrons. The number of unbranched alkanes of at least 4 members (excludes halogenated alkanes) is 10. The third-order valence-corrected chi connectivity index (χ3v) is 8.07. The summed E-state index contributed by atoms with van der Waals surface area (Å²) in [7, 11) is 0. The number of ether oxygens (including phenoxy) is 10. The van der Waals surface area contributed by atoms with Gasteiger partial charge in [0.1, 0.15) is 19.0 Å². The van der Waals surface area contributed by atoms with E-state index in [0.29, 0.717) is 119 Å². The molecule has 0 aliphatic heterocycles. The Hall–Kier alpha value is -1.83. The Morgan fingerprint density at radius 2 is 0.750 bits per heavy atom. The van der Waals surface area contributed by atoms with Gasteiger partial charge in [-0.1, -0.05) is 90.2 Å². The van der Waals surface area contributed by atoms with Crippen LogP contribution < -0.4 is 4.74 Å². The second-order valence-corrected chi connectivity index (χ2v) is 12.6. The predicted octanol–water partition coefficient (Wildman–Crippen LogP) is 7.40. The molecule has 11 nitrogen and oxygen atoms in total. The van der Waals surface area contributed by atoms with Gasteiger partial charge < -0.3 is 47.4 Å². The molecule has 0 bridgehead atoms. The standard InChI is InChI=1S/C41H74O11/c1-3-5-7-9-10-12-13-15-39-17-19-40(20-18-39)51-37-35-49-33-31-47-29-27-45-25-23-43-21-22-44-24-26-46-28-30-48-32-34-50-36-38-52-41(42)16-14-11-8-6-4-2/h17-20H,3-16,21-38H2,1-2H3. The van der Waals surface area contributed by atoms with Crippen molar-refractivity contribution in [3.05, 3.63) is 29.8 Å². The zero-order valence-corrected chi connectivity index (χ0v) is 32.9. The van der Waals surface area contributed by atoms with E-state index in [1.165, 1.54) is 69.8 Å². The quantitative estimate of drug-likeness (QED) is 0.0494. The molecular weight excluding hydrogens is 668 g/mol. The van der Waals surface area contributed by atoms with E-state index >= 15 is 0 Å². The smallest absolute Gasteiger partial charge is 0.305 e. The minimum absolute atomic E-state index is 0.144. The second-order valence-electron chi connectivity index (χ2n) is 12.6. The summed E-state index contributed by atoms with van der Waals surface area (Å²) in [4.78, 5) is 11.6. The van der Waals surface area contributed by atoms with E-state index in [4.69, 9.17) is 47.4 Å². The summed E-state index contributed by atoms with van der Waals surface area (Å²) in [6.07, 6.45) is 16.6. The summed E-state index contributed by atoms with van der Waals surface area (Å²) in [5, 5.41) is 0. The first-order valence-corrected chi connectivity index (χ1v) is 20.3. The normalized spacial score (nSPS) is 11.3. The van der Waals surface area contributed by atoms with E-state index in [1.807, 2.05) is 0 Å². The highest BCUT2D eigenvalue weighted by Gasteiger charge is 2.03. The fourth-order valence-corrected chi connectivity index (χ4v) is 5.06. The average Bonchev–Trinajstić information content (AvgIpc) is 3.16. The number of hydrogen-bond donors (Lipinski definition) is 0. The van der Waals surface area contributed by atoms with Crippen LogP contribution in [0.1, 0.15) is 103 Å². The van der Waals surface area contributed by atoms with E-state index in [1.54, 1.807) is 0 Å². The molecule has 0 amide bonds. The third-order valence-electron chi connectivity index (χ3n) is 8.07. The molecule has 1 aromatic rings. The van der Waals surface area contributed by atoms with E-state index in [0.717, 1.165) is 25.0 Å². The summed E-state index contributed by atoms with van der Waals surface area (Å²) in [5.74, 6) is 0.741. The molecule has 52 heavy (non-hydrogen) atoms. The first-order valence-electron chi connectivity index (χ1n) is 20.3. The molecule has 0 saturated heterocycles. The molecule has 0 unspecified atom stereocenters. The van der Waals surface area contributed by atoms with Crippen molar-refractivity contribution in [1.82, 2.24) is 0 Å². The van der Waals surface area contributed by atoms with Crippen molar-refractivity contribution in [2.24, 2.45) is 0 Å².